The zero-order valence-corrected chi connectivity index (χ0v) is 11.2. The highest BCUT2D eigenvalue weighted by Crippen LogP contribution is 2.32. The van der Waals surface area contributed by atoms with Gasteiger partial charge in [-0.2, -0.15) is 0 Å². The topological polar surface area (TPSA) is 110 Å². The summed E-state index contributed by atoms with van der Waals surface area (Å²) in [4.78, 5) is 23.6. The van der Waals surface area contributed by atoms with E-state index in [2.05, 4.69) is 0 Å². The van der Waals surface area contributed by atoms with Crippen molar-refractivity contribution in [3.05, 3.63) is 33.4 Å². The van der Waals surface area contributed by atoms with E-state index in [-0.39, 0.29) is 17.3 Å². The molecule has 1 fully saturated rings. The maximum atomic E-state index is 11.1. The van der Waals surface area contributed by atoms with E-state index in [1.807, 2.05) is 4.90 Å². The first-order chi connectivity index (χ1) is 9.40. The third kappa shape index (κ3) is 2.72. The van der Waals surface area contributed by atoms with Crippen molar-refractivity contribution in [2.24, 2.45) is 5.73 Å². The monoisotopic (exact) mass is 279 g/mol. The van der Waals surface area contributed by atoms with Crippen molar-refractivity contribution < 1.29 is 14.8 Å². The Balaban J connectivity index is 2.45. The molecule has 108 valence electrons. The number of carbonyl (C=O) groups is 1. The minimum Gasteiger partial charge on any atom is -0.478 e. The van der Waals surface area contributed by atoms with E-state index in [4.69, 9.17) is 10.8 Å². The lowest BCUT2D eigenvalue weighted by atomic mass is 10.0. The number of anilines is 1. The number of piperidine rings is 1. The third-order valence-electron chi connectivity index (χ3n) is 3.68. The van der Waals surface area contributed by atoms with Gasteiger partial charge < -0.3 is 15.7 Å². The normalized spacial score (nSPS) is 16.2. The molecule has 0 radical (unpaired) electrons. The Morgan fingerprint density at radius 1 is 1.45 bits per heavy atom. The molecule has 7 heteroatoms. The minimum atomic E-state index is -1.16. The SMILES string of the molecule is Cc1c(N2CCC(N)CC2)cc(C(=O)O)cc1[N+](=O)[O-]. The number of nitro groups is 1. The summed E-state index contributed by atoms with van der Waals surface area (Å²) in [5.74, 6) is -1.16. The molecule has 7 nitrogen and oxygen atoms in total. The van der Waals surface area contributed by atoms with E-state index >= 15 is 0 Å². The lowest BCUT2D eigenvalue weighted by Gasteiger charge is -2.33. The van der Waals surface area contributed by atoms with Crippen molar-refractivity contribution in [2.45, 2.75) is 25.8 Å². The molecule has 1 saturated heterocycles. The van der Waals surface area contributed by atoms with Crippen LogP contribution < -0.4 is 10.6 Å². The summed E-state index contributed by atoms with van der Waals surface area (Å²) in [6.45, 7) is 3.01. The highest BCUT2D eigenvalue weighted by molar-refractivity contribution is 5.90. The van der Waals surface area contributed by atoms with E-state index < -0.39 is 10.9 Å². The number of rotatable bonds is 3. The molecular formula is C13H17N3O4. The number of hydrogen-bond acceptors (Lipinski definition) is 5. The predicted octanol–water partition coefficient (Wildman–Crippen LogP) is 1.53. The summed E-state index contributed by atoms with van der Waals surface area (Å²) >= 11 is 0. The van der Waals surface area contributed by atoms with Crippen LogP contribution in [0.1, 0.15) is 28.8 Å². The molecule has 0 aromatic heterocycles. The summed E-state index contributed by atoms with van der Waals surface area (Å²) in [6, 6.07) is 2.75. The summed E-state index contributed by atoms with van der Waals surface area (Å²) in [5.41, 5.74) is 6.73. The van der Waals surface area contributed by atoms with Gasteiger partial charge in [0.15, 0.2) is 0 Å². The Hall–Kier alpha value is -2.15. The van der Waals surface area contributed by atoms with E-state index in [9.17, 15) is 14.9 Å². The van der Waals surface area contributed by atoms with Crippen molar-refractivity contribution >= 4 is 17.3 Å². The van der Waals surface area contributed by atoms with Gasteiger partial charge in [-0.15, -0.1) is 0 Å². The molecule has 0 bridgehead atoms. The number of carboxylic acid groups (broad SMARTS) is 1. The summed E-state index contributed by atoms with van der Waals surface area (Å²) in [6.07, 6.45) is 1.59. The lowest BCUT2D eigenvalue weighted by Crippen LogP contribution is -2.40. The second-order valence-electron chi connectivity index (χ2n) is 5.03. The number of aromatic carboxylic acids is 1. The van der Waals surface area contributed by atoms with Crippen LogP contribution in [0.4, 0.5) is 11.4 Å². The Bertz CT molecular complexity index is 551. The van der Waals surface area contributed by atoms with E-state index in [1.165, 1.54) is 6.07 Å². The van der Waals surface area contributed by atoms with Crippen LogP contribution in [0.2, 0.25) is 0 Å². The van der Waals surface area contributed by atoms with Crippen LogP contribution in [-0.2, 0) is 0 Å². The molecule has 20 heavy (non-hydrogen) atoms. The van der Waals surface area contributed by atoms with Crippen LogP contribution in [0.3, 0.4) is 0 Å². The average molecular weight is 279 g/mol. The predicted molar refractivity (Wildman–Crippen MR) is 74.2 cm³/mol. The second kappa shape index (κ2) is 5.46. The zero-order valence-electron chi connectivity index (χ0n) is 11.2. The molecule has 0 unspecified atom stereocenters. The van der Waals surface area contributed by atoms with Crippen molar-refractivity contribution in [1.29, 1.82) is 0 Å². The van der Waals surface area contributed by atoms with Gasteiger partial charge in [0.25, 0.3) is 5.69 Å². The molecule has 0 saturated carbocycles. The average Bonchev–Trinajstić information content (AvgIpc) is 2.39. The van der Waals surface area contributed by atoms with Gasteiger partial charge in [0, 0.05) is 30.9 Å². The van der Waals surface area contributed by atoms with Crippen LogP contribution in [0.5, 0.6) is 0 Å². The fraction of sp³-hybridized carbons (Fsp3) is 0.462. The zero-order chi connectivity index (χ0) is 14.9. The number of hydrogen-bond donors (Lipinski definition) is 2. The number of benzene rings is 1. The molecule has 0 atom stereocenters. The molecule has 1 aliphatic heterocycles. The minimum absolute atomic E-state index is 0.0628. The van der Waals surface area contributed by atoms with Crippen LogP contribution in [0.25, 0.3) is 0 Å². The standard InChI is InChI=1S/C13H17N3O4/c1-8-11(15-4-2-10(14)3-5-15)6-9(13(17)18)7-12(8)16(19)20/h6-7,10H,2-5,14H2,1H3,(H,17,18). The summed E-state index contributed by atoms with van der Waals surface area (Å²) in [5, 5.41) is 20.1. The summed E-state index contributed by atoms with van der Waals surface area (Å²) in [7, 11) is 0. The molecule has 0 spiro atoms. The smallest absolute Gasteiger partial charge is 0.336 e. The van der Waals surface area contributed by atoms with Crippen LogP contribution in [0.15, 0.2) is 12.1 Å². The number of carboxylic acids is 1. The van der Waals surface area contributed by atoms with Crippen molar-refractivity contribution in [3.8, 4) is 0 Å². The first-order valence-electron chi connectivity index (χ1n) is 6.43. The fourth-order valence-electron chi connectivity index (χ4n) is 2.47. The van der Waals surface area contributed by atoms with Gasteiger partial charge in [-0.1, -0.05) is 0 Å². The lowest BCUT2D eigenvalue weighted by molar-refractivity contribution is -0.385. The fourth-order valence-corrected chi connectivity index (χ4v) is 2.47. The Labute approximate surface area is 116 Å². The van der Waals surface area contributed by atoms with Gasteiger partial charge >= 0.3 is 5.97 Å². The molecule has 1 aromatic carbocycles. The summed E-state index contributed by atoms with van der Waals surface area (Å²) < 4.78 is 0. The Kier molecular flexibility index (Phi) is 3.89. The van der Waals surface area contributed by atoms with Gasteiger partial charge in [-0.25, -0.2) is 4.79 Å². The molecule has 0 amide bonds. The highest BCUT2D eigenvalue weighted by Gasteiger charge is 2.24. The largest absolute Gasteiger partial charge is 0.478 e. The quantitative estimate of drug-likeness (QED) is 0.641. The molecular weight excluding hydrogens is 262 g/mol. The molecule has 0 aliphatic carbocycles. The maximum Gasteiger partial charge on any atom is 0.336 e. The number of nitro benzene ring substituents is 1. The molecule has 1 aliphatic rings. The molecule has 1 aromatic rings. The number of nitrogens with two attached hydrogens (primary N) is 1. The van der Waals surface area contributed by atoms with Crippen molar-refractivity contribution in [2.75, 3.05) is 18.0 Å². The van der Waals surface area contributed by atoms with E-state index in [0.29, 0.717) is 24.3 Å². The van der Waals surface area contributed by atoms with Gasteiger partial charge in [-0.05, 0) is 25.8 Å². The van der Waals surface area contributed by atoms with Gasteiger partial charge in [0.2, 0.25) is 0 Å². The van der Waals surface area contributed by atoms with Crippen LogP contribution >= 0.6 is 0 Å². The van der Waals surface area contributed by atoms with Crippen molar-refractivity contribution in [3.63, 3.8) is 0 Å². The van der Waals surface area contributed by atoms with Crippen LogP contribution in [0, 0.1) is 17.0 Å². The second-order valence-corrected chi connectivity index (χ2v) is 5.03. The van der Waals surface area contributed by atoms with Crippen molar-refractivity contribution in [1.82, 2.24) is 0 Å². The maximum absolute atomic E-state index is 11.1. The number of nitrogens with zero attached hydrogens (tertiary/aromatic N) is 2. The molecule has 2 rings (SSSR count). The van der Waals surface area contributed by atoms with Crippen LogP contribution in [-0.4, -0.2) is 35.1 Å². The highest BCUT2D eigenvalue weighted by atomic mass is 16.6. The van der Waals surface area contributed by atoms with Gasteiger partial charge in [0.05, 0.1) is 16.1 Å². The van der Waals surface area contributed by atoms with E-state index in [0.717, 1.165) is 18.9 Å². The third-order valence-corrected chi connectivity index (χ3v) is 3.68. The first kappa shape index (κ1) is 14.3. The molecule has 1 heterocycles. The Morgan fingerprint density at radius 3 is 2.55 bits per heavy atom. The van der Waals surface area contributed by atoms with Gasteiger partial charge in [-0.3, -0.25) is 10.1 Å². The molecule has 3 N–H and O–H groups in total. The first-order valence-corrected chi connectivity index (χ1v) is 6.43. The van der Waals surface area contributed by atoms with Gasteiger partial charge in [0.1, 0.15) is 0 Å². The van der Waals surface area contributed by atoms with E-state index in [1.54, 1.807) is 6.92 Å². The Morgan fingerprint density at radius 2 is 2.05 bits per heavy atom.